The standard InChI is InChI=1S/C11H14ClN3O2/c1-11(6-13)7-15(2-3-17-11)9-4-8(12)5-14-10(9)16/h4-5,9-10,16H,2-3,7H2,1H3. The number of aliphatic hydroxyl groups is 1. The number of hydrogen-bond donors (Lipinski definition) is 1. The fourth-order valence-electron chi connectivity index (χ4n) is 2.04. The maximum absolute atomic E-state index is 9.82. The van der Waals surface area contributed by atoms with E-state index in [1.165, 1.54) is 6.21 Å². The van der Waals surface area contributed by atoms with Gasteiger partial charge in [0.1, 0.15) is 0 Å². The number of halogens is 1. The Kier molecular flexibility index (Phi) is 3.50. The number of allylic oxidation sites excluding steroid dienone is 1. The number of aliphatic hydroxyl groups excluding tert-OH is 1. The van der Waals surface area contributed by atoms with E-state index in [0.717, 1.165) is 0 Å². The molecule has 3 unspecified atom stereocenters. The van der Waals surface area contributed by atoms with Crippen LogP contribution < -0.4 is 0 Å². The van der Waals surface area contributed by atoms with Crippen molar-refractivity contribution in [3.8, 4) is 6.07 Å². The van der Waals surface area contributed by atoms with E-state index in [1.54, 1.807) is 13.0 Å². The highest BCUT2D eigenvalue weighted by atomic mass is 35.5. The van der Waals surface area contributed by atoms with Crippen molar-refractivity contribution in [3.05, 3.63) is 11.1 Å². The summed E-state index contributed by atoms with van der Waals surface area (Å²) in [4.78, 5) is 5.87. The molecule has 5 nitrogen and oxygen atoms in total. The van der Waals surface area contributed by atoms with Gasteiger partial charge in [-0.1, -0.05) is 11.6 Å². The van der Waals surface area contributed by atoms with E-state index in [0.29, 0.717) is 24.7 Å². The highest BCUT2D eigenvalue weighted by molar-refractivity contribution is 6.39. The molecular formula is C11H14ClN3O2. The number of rotatable bonds is 1. The largest absolute Gasteiger partial charge is 0.370 e. The van der Waals surface area contributed by atoms with Gasteiger partial charge in [-0.25, -0.2) is 0 Å². The number of ether oxygens (including phenoxy) is 1. The van der Waals surface area contributed by atoms with Crippen LogP contribution in [0.4, 0.5) is 0 Å². The molecule has 2 heterocycles. The zero-order chi connectivity index (χ0) is 12.5. The van der Waals surface area contributed by atoms with Crippen molar-refractivity contribution in [1.29, 1.82) is 5.26 Å². The van der Waals surface area contributed by atoms with Crippen LogP contribution in [0.5, 0.6) is 0 Å². The van der Waals surface area contributed by atoms with Gasteiger partial charge in [-0.05, 0) is 13.0 Å². The lowest BCUT2D eigenvalue weighted by atomic mass is 10.0. The molecule has 0 bridgehead atoms. The van der Waals surface area contributed by atoms with Gasteiger partial charge in [-0.15, -0.1) is 0 Å². The second-order valence-corrected chi connectivity index (χ2v) is 4.83. The molecule has 0 radical (unpaired) electrons. The SMILES string of the molecule is CC1(C#N)CN(C2C=C(Cl)C=NC2O)CCO1. The first-order valence-corrected chi connectivity index (χ1v) is 5.80. The normalized spacial score (nSPS) is 38.6. The molecule has 0 spiro atoms. The van der Waals surface area contributed by atoms with Gasteiger partial charge >= 0.3 is 0 Å². The molecule has 1 fully saturated rings. The lowest BCUT2D eigenvalue weighted by Crippen LogP contribution is -2.55. The summed E-state index contributed by atoms with van der Waals surface area (Å²) in [5, 5.41) is 19.4. The van der Waals surface area contributed by atoms with Gasteiger partial charge < -0.3 is 9.84 Å². The molecule has 17 heavy (non-hydrogen) atoms. The van der Waals surface area contributed by atoms with Crippen LogP contribution in [0, 0.1) is 11.3 Å². The molecule has 0 aromatic rings. The van der Waals surface area contributed by atoms with Crippen molar-refractivity contribution >= 4 is 17.8 Å². The molecule has 0 aromatic heterocycles. The number of nitrogens with zero attached hydrogens (tertiary/aromatic N) is 3. The average Bonchev–Trinajstić information content (AvgIpc) is 2.32. The first kappa shape index (κ1) is 12.5. The van der Waals surface area contributed by atoms with Crippen LogP contribution >= 0.6 is 11.6 Å². The highest BCUT2D eigenvalue weighted by Crippen LogP contribution is 2.23. The maximum Gasteiger partial charge on any atom is 0.164 e. The van der Waals surface area contributed by atoms with E-state index >= 15 is 0 Å². The zero-order valence-electron chi connectivity index (χ0n) is 9.51. The minimum Gasteiger partial charge on any atom is -0.370 e. The Morgan fingerprint density at radius 3 is 3.24 bits per heavy atom. The molecule has 0 aliphatic carbocycles. The van der Waals surface area contributed by atoms with Crippen LogP contribution in [0.15, 0.2) is 16.1 Å². The van der Waals surface area contributed by atoms with E-state index in [-0.39, 0.29) is 6.04 Å². The molecule has 2 aliphatic heterocycles. The van der Waals surface area contributed by atoms with E-state index in [1.807, 2.05) is 4.90 Å². The third kappa shape index (κ3) is 2.67. The Morgan fingerprint density at radius 1 is 1.76 bits per heavy atom. The molecule has 0 aromatic carbocycles. The van der Waals surface area contributed by atoms with Crippen molar-refractivity contribution in [2.24, 2.45) is 4.99 Å². The van der Waals surface area contributed by atoms with Crippen LogP contribution in [0.3, 0.4) is 0 Å². The summed E-state index contributed by atoms with van der Waals surface area (Å²) < 4.78 is 5.42. The highest BCUT2D eigenvalue weighted by Gasteiger charge is 2.37. The van der Waals surface area contributed by atoms with Crippen molar-refractivity contribution in [2.75, 3.05) is 19.7 Å². The number of nitriles is 1. The van der Waals surface area contributed by atoms with E-state index < -0.39 is 11.8 Å². The van der Waals surface area contributed by atoms with Gasteiger partial charge in [0.2, 0.25) is 0 Å². The van der Waals surface area contributed by atoms with Crippen LogP contribution in [0.25, 0.3) is 0 Å². The van der Waals surface area contributed by atoms with Crippen LogP contribution in [0.1, 0.15) is 6.92 Å². The lowest BCUT2D eigenvalue weighted by Gasteiger charge is -2.40. The predicted octanol–water partition coefficient (Wildman–Crippen LogP) is 0.495. The van der Waals surface area contributed by atoms with E-state index in [2.05, 4.69) is 11.1 Å². The Labute approximate surface area is 105 Å². The molecule has 1 saturated heterocycles. The van der Waals surface area contributed by atoms with Crippen molar-refractivity contribution in [3.63, 3.8) is 0 Å². The number of dihydropyridines is 1. The summed E-state index contributed by atoms with van der Waals surface area (Å²) in [5.41, 5.74) is -0.834. The number of aliphatic imine (C=N–C) groups is 1. The Balaban J connectivity index is 2.13. The fraction of sp³-hybridized carbons (Fsp3) is 0.636. The van der Waals surface area contributed by atoms with Crippen molar-refractivity contribution in [1.82, 2.24) is 4.90 Å². The maximum atomic E-state index is 9.82. The fourth-order valence-corrected chi connectivity index (χ4v) is 2.23. The smallest absolute Gasteiger partial charge is 0.164 e. The van der Waals surface area contributed by atoms with E-state index in [9.17, 15) is 5.11 Å². The molecule has 0 amide bonds. The summed E-state index contributed by atoms with van der Waals surface area (Å²) in [6.07, 6.45) is 2.35. The van der Waals surface area contributed by atoms with E-state index in [4.69, 9.17) is 21.6 Å². The monoisotopic (exact) mass is 255 g/mol. The quantitative estimate of drug-likeness (QED) is 0.741. The van der Waals surface area contributed by atoms with Crippen LogP contribution in [-0.2, 0) is 4.74 Å². The molecular weight excluding hydrogens is 242 g/mol. The van der Waals surface area contributed by atoms with Crippen LogP contribution in [0.2, 0.25) is 0 Å². The topological polar surface area (TPSA) is 68.9 Å². The van der Waals surface area contributed by atoms with Gasteiger partial charge in [0.15, 0.2) is 11.8 Å². The van der Waals surface area contributed by atoms with Crippen molar-refractivity contribution < 1.29 is 9.84 Å². The summed E-state index contributed by atoms with van der Waals surface area (Å²) in [6, 6.07) is 1.85. The summed E-state index contributed by atoms with van der Waals surface area (Å²) >= 11 is 5.88. The van der Waals surface area contributed by atoms with Gasteiger partial charge in [0, 0.05) is 19.3 Å². The second kappa shape index (κ2) is 4.75. The molecule has 2 aliphatic rings. The first-order valence-electron chi connectivity index (χ1n) is 5.42. The lowest BCUT2D eigenvalue weighted by molar-refractivity contribution is -0.0826. The Hall–Kier alpha value is -0.930. The van der Waals surface area contributed by atoms with Crippen LogP contribution in [-0.4, -0.2) is 53.8 Å². The molecule has 3 atom stereocenters. The average molecular weight is 256 g/mol. The van der Waals surface area contributed by atoms with Gasteiger partial charge in [0.05, 0.1) is 23.8 Å². The minimum absolute atomic E-state index is 0.288. The van der Waals surface area contributed by atoms with Gasteiger partial charge in [-0.2, -0.15) is 5.26 Å². The predicted molar refractivity (Wildman–Crippen MR) is 63.8 cm³/mol. The Morgan fingerprint density at radius 2 is 2.53 bits per heavy atom. The zero-order valence-corrected chi connectivity index (χ0v) is 10.3. The summed E-state index contributed by atoms with van der Waals surface area (Å²) in [6.45, 7) is 3.28. The first-order chi connectivity index (χ1) is 8.04. The molecule has 6 heteroatoms. The minimum atomic E-state index is -0.835. The van der Waals surface area contributed by atoms with Gasteiger partial charge in [-0.3, -0.25) is 9.89 Å². The number of morpholine rings is 1. The van der Waals surface area contributed by atoms with Gasteiger partial charge in [0.25, 0.3) is 0 Å². The molecule has 0 saturated carbocycles. The molecule has 2 rings (SSSR count). The second-order valence-electron chi connectivity index (χ2n) is 4.40. The molecule has 1 N–H and O–H groups in total. The molecule has 92 valence electrons. The summed E-state index contributed by atoms with van der Waals surface area (Å²) in [7, 11) is 0. The Bertz CT molecular complexity index is 404. The summed E-state index contributed by atoms with van der Waals surface area (Å²) in [5.74, 6) is 0. The third-order valence-electron chi connectivity index (χ3n) is 2.95. The van der Waals surface area contributed by atoms with Crippen molar-refractivity contribution in [2.45, 2.75) is 24.8 Å². The third-order valence-corrected chi connectivity index (χ3v) is 3.17. The number of hydrogen-bond acceptors (Lipinski definition) is 5.